The summed E-state index contributed by atoms with van der Waals surface area (Å²) in [5.41, 5.74) is 2.01. The predicted octanol–water partition coefficient (Wildman–Crippen LogP) is 4.72. The molecule has 176 valence electrons. The molecule has 1 heterocycles. The van der Waals surface area contributed by atoms with Crippen LogP contribution in [0.15, 0.2) is 18.2 Å². The molecule has 1 aromatic carbocycles. The van der Waals surface area contributed by atoms with Gasteiger partial charge in [-0.3, -0.25) is 14.3 Å². The Kier molecular flexibility index (Phi) is 9.56. The van der Waals surface area contributed by atoms with Crippen molar-refractivity contribution in [2.75, 3.05) is 32.6 Å². The second-order valence-electron chi connectivity index (χ2n) is 9.05. The van der Waals surface area contributed by atoms with Crippen molar-refractivity contribution in [3.63, 3.8) is 0 Å². The number of carbonyl (C=O) groups is 1. The second-order valence-corrected chi connectivity index (χ2v) is 11.1. The van der Waals surface area contributed by atoms with Gasteiger partial charge in [-0.1, -0.05) is 45.9 Å². The van der Waals surface area contributed by atoms with E-state index in [0.29, 0.717) is 32.1 Å². The summed E-state index contributed by atoms with van der Waals surface area (Å²) in [5, 5.41) is 3.00. The quantitative estimate of drug-likeness (QED) is 0.405. The van der Waals surface area contributed by atoms with Gasteiger partial charge in [-0.05, 0) is 43.7 Å². The van der Waals surface area contributed by atoms with E-state index in [1.54, 1.807) is 20.8 Å². The lowest BCUT2D eigenvalue weighted by molar-refractivity contribution is -0.149. The Bertz CT molecular complexity index is 749. The van der Waals surface area contributed by atoms with E-state index < -0.39 is 19.5 Å². The van der Waals surface area contributed by atoms with Gasteiger partial charge in [0.15, 0.2) is 0 Å². The number of hydrogen-bond donors (Lipinski definition) is 1. The third-order valence-corrected chi connectivity index (χ3v) is 7.17. The Morgan fingerprint density at radius 1 is 1.06 bits per heavy atom. The molecule has 1 unspecified atom stereocenters. The molecule has 0 radical (unpaired) electrons. The first-order valence-corrected chi connectivity index (χ1v) is 13.0. The fourth-order valence-electron chi connectivity index (χ4n) is 3.52. The lowest BCUT2D eigenvalue weighted by atomic mass is 9.94. The number of rotatable bonds is 10. The van der Waals surface area contributed by atoms with E-state index in [-0.39, 0.29) is 24.2 Å². The molecule has 0 spiro atoms. The van der Waals surface area contributed by atoms with Crippen LogP contribution in [0.3, 0.4) is 0 Å². The summed E-state index contributed by atoms with van der Waals surface area (Å²) in [5.74, 6) is 0.616. The highest BCUT2D eigenvalue weighted by Crippen LogP contribution is 2.48. The molecule has 2 atom stereocenters. The van der Waals surface area contributed by atoms with Gasteiger partial charge in [0.05, 0.1) is 19.3 Å². The lowest BCUT2D eigenvalue weighted by Crippen LogP contribution is -2.42. The molecule has 31 heavy (non-hydrogen) atoms. The molecule has 0 aromatic heterocycles. The number of nitrogens with one attached hydrogen (secondary N) is 1. The molecule has 1 aliphatic rings. The third-order valence-electron chi connectivity index (χ3n) is 5.14. The van der Waals surface area contributed by atoms with Crippen molar-refractivity contribution < 1.29 is 23.4 Å². The Labute approximate surface area is 187 Å². The van der Waals surface area contributed by atoms with Gasteiger partial charge in [0.2, 0.25) is 0 Å². The molecule has 1 aliphatic heterocycles. The molecular formula is C23H39N2O5P. The topological polar surface area (TPSA) is 77.1 Å². The highest BCUT2D eigenvalue weighted by molar-refractivity contribution is 7.57. The van der Waals surface area contributed by atoms with E-state index >= 15 is 0 Å². The molecule has 1 saturated heterocycles. The van der Waals surface area contributed by atoms with Gasteiger partial charge >= 0.3 is 13.5 Å². The number of benzene rings is 1. The maximum atomic E-state index is 14.2. The first-order chi connectivity index (χ1) is 14.5. The summed E-state index contributed by atoms with van der Waals surface area (Å²) in [6.07, 6.45) is -0.0508. The zero-order valence-electron chi connectivity index (χ0n) is 20.0. The minimum atomic E-state index is -3.48. The largest absolute Gasteiger partial charge is 0.462 e. The van der Waals surface area contributed by atoms with Crippen molar-refractivity contribution >= 4 is 13.5 Å². The van der Waals surface area contributed by atoms with Gasteiger partial charge < -0.3 is 14.0 Å². The summed E-state index contributed by atoms with van der Waals surface area (Å²) >= 11 is 0. The predicted molar refractivity (Wildman–Crippen MR) is 124 cm³/mol. The highest BCUT2D eigenvalue weighted by atomic mass is 31.2. The van der Waals surface area contributed by atoms with E-state index in [1.807, 2.05) is 18.2 Å². The number of morpholine rings is 1. The van der Waals surface area contributed by atoms with E-state index in [4.69, 9.17) is 14.0 Å². The van der Waals surface area contributed by atoms with Crippen molar-refractivity contribution in [1.29, 1.82) is 0 Å². The van der Waals surface area contributed by atoms with Crippen LogP contribution >= 0.6 is 7.52 Å². The van der Waals surface area contributed by atoms with Crippen molar-refractivity contribution in [2.45, 2.75) is 72.4 Å². The third kappa shape index (κ3) is 7.60. The Balaban J connectivity index is 2.39. The number of para-hydroxylation sites is 1. The number of carbonyl (C=O) groups excluding carboxylic acids is 1. The van der Waals surface area contributed by atoms with E-state index in [9.17, 15) is 9.36 Å². The van der Waals surface area contributed by atoms with Crippen LogP contribution in [0.4, 0.5) is 0 Å². The van der Waals surface area contributed by atoms with Crippen LogP contribution < -0.4 is 9.61 Å². The van der Waals surface area contributed by atoms with Crippen molar-refractivity contribution in [3.8, 4) is 5.75 Å². The fraction of sp³-hybridized carbons (Fsp3) is 0.696. The zero-order chi connectivity index (χ0) is 23.2. The van der Waals surface area contributed by atoms with Crippen LogP contribution in [0.5, 0.6) is 5.75 Å². The number of ether oxygens (including phenoxy) is 2. The van der Waals surface area contributed by atoms with Crippen LogP contribution in [0.1, 0.15) is 71.4 Å². The molecule has 1 aromatic rings. The summed E-state index contributed by atoms with van der Waals surface area (Å²) in [6.45, 7) is 16.1. The summed E-state index contributed by atoms with van der Waals surface area (Å²) < 4.78 is 31.3. The zero-order valence-corrected chi connectivity index (χ0v) is 20.9. The SMILES string of the molecule is CC(C)OC(=O)[C@H](C)NP(=O)(CN1CCOCC1)Oc1c(C(C)C)cccc1C(C)C. The molecular weight excluding hydrogens is 415 g/mol. The monoisotopic (exact) mass is 454 g/mol. The summed E-state index contributed by atoms with van der Waals surface area (Å²) in [7, 11) is -3.48. The molecule has 1 N–H and O–H groups in total. The van der Waals surface area contributed by atoms with Gasteiger partial charge in [-0.15, -0.1) is 0 Å². The summed E-state index contributed by atoms with van der Waals surface area (Å²) in [4.78, 5) is 14.5. The van der Waals surface area contributed by atoms with Gasteiger partial charge in [-0.25, -0.2) is 5.09 Å². The molecule has 8 heteroatoms. The molecule has 0 aliphatic carbocycles. The summed E-state index contributed by atoms with van der Waals surface area (Å²) in [6, 6.07) is 5.28. The van der Waals surface area contributed by atoms with Gasteiger partial charge in [0.1, 0.15) is 18.1 Å². The minimum Gasteiger partial charge on any atom is -0.462 e. The van der Waals surface area contributed by atoms with Crippen LogP contribution in [0.2, 0.25) is 0 Å². The van der Waals surface area contributed by atoms with Crippen molar-refractivity contribution in [3.05, 3.63) is 29.3 Å². The normalized spacial score (nSPS) is 18.3. The fourth-order valence-corrected chi connectivity index (χ4v) is 5.72. The Morgan fingerprint density at radius 2 is 1.61 bits per heavy atom. The van der Waals surface area contributed by atoms with Crippen LogP contribution in [0, 0.1) is 0 Å². The Morgan fingerprint density at radius 3 is 2.10 bits per heavy atom. The maximum Gasteiger partial charge on any atom is 0.331 e. The number of hydrogen-bond acceptors (Lipinski definition) is 6. The molecule has 0 amide bonds. The van der Waals surface area contributed by atoms with E-state index in [1.165, 1.54) is 0 Å². The van der Waals surface area contributed by atoms with Crippen molar-refractivity contribution in [1.82, 2.24) is 9.99 Å². The molecule has 1 fully saturated rings. The highest BCUT2D eigenvalue weighted by Gasteiger charge is 2.35. The first-order valence-electron chi connectivity index (χ1n) is 11.2. The Hall–Kier alpha value is -1.40. The van der Waals surface area contributed by atoms with Gasteiger partial charge in [-0.2, -0.15) is 0 Å². The smallest absolute Gasteiger partial charge is 0.331 e. The van der Waals surface area contributed by atoms with E-state index in [0.717, 1.165) is 11.1 Å². The number of nitrogens with zero attached hydrogens (tertiary/aromatic N) is 1. The van der Waals surface area contributed by atoms with Gasteiger partial charge in [0.25, 0.3) is 0 Å². The van der Waals surface area contributed by atoms with E-state index in [2.05, 4.69) is 37.7 Å². The number of esters is 1. The van der Waals surface area contributed by atoms with Gasteiger partial charge in [0, 0.05) is 13.1 Å². The van der Waals surface area contributed by atoms with Crippen LogP contribution in [0.25, 0.3) is 0 Å². The standard InChI is InChI=1S/C23H39N2O5P/c1-16(2)20-9-8-10-21(17(3)4)22(20)30-31(27,15-25-11-13-28-14-12-25)24-19(7)23(26)29-18(5)6/h8-10,16-19H,11-15H2,1-7H3,(H,24,27)/t19-,31?/m0/s1. The molecule has 0 saturated carbocycles. The molecule has 0 bridgehead atoms. The molecule has 7 nitrogen and oxygen atoms in total. The minimum absolute atomic E-state index is 0.194. The lowest BCUT2D eigenvalue weighted by Gasteiger charge is -2.33. The maximum absolute atomic E-state index is 14.2. The molecule has 2 rings (SSSR count). The van der Waals surface area contributed by atoms with Crippen molar-refractivity contribution in [2.24, 2.45) is 0 Å². The van der Waals surface area contributed by atoms with Crippen LogP contribution in [-0.2, 0) is 18.8 Å². The average molecular weight is 455 g/mol. The second kappa shape index (κ2) is 11.5. The first kappa shape index (κ1) is 25.9. The van der Waals surface area contributed by atoms with Crippen LogP contribution in [-0.4, -0.2) is 55.6 Å². The average Bonchev–Trinajstić information content (AvgIpc) is 2.67.